The maximum absolute atomic E-state index is 10.7. The quantitative estimate of drug-likeness (QED) is 0.737. The largest absolute Gasteiger partial charge is 0.399 e. The van der Waals surface area contributed by atoms with E-state index in [1.807, 2.05) is 24.3 Å². The van der Waals surface area contributed by atoms with E-state index >= 15 is 0 Å². The minimum absolute atomic E-state index is 0.0856. The Morgan fingerprint density at radius 2 is 2.19 bits per heavy atom. The second-order valence-corrected chi connectivity index (χ2v) is 3.52. The van der Waals surface area contributed by atoms with Crippen LogP contribution in [-0.4, -0.2) is 15.7 Å². The topological polar surface area (TPSA) is 86.9 Å². The second kappa shape index (κ2) is 4.06. The molecule has 1 aromatic heterocycles. The molecule has 5 heteroatoms. The molecule has 1 aromatic carbocycles. The van der Waals surface area contributed by atoms with Crippen LogP contribution < -0.4 is 11.5 Å². The lowest BCUT2D eigenvalue weighted by atomic mass is 10.1. The molecule has 0 aliphatic rings. The van der Waals surface area contributed by atoms with Crippen molar-refractivity contribution in [3.05, 3.63) is 36.7 Å². The van der Waals surface area contributed by atoms with E-state index in [2.05, 4.69) is 5.10 Å². The first-order valence-electron chi connectivity index (χ1n) is 4.82. The Kier molecular flexibility index (Phi) is 2.59. The van der Waals surface area contributed by atoms with E-state index in [1.165, 1.54) is 4.68 Å². The molecule has 0 unspecified atom stereocenters. The van der Waals surface area contributed by atoms with E-state index < -0.39 is 5.91 Å². The number of primary amides is 1. The first kappa shape index (κ1) is 10.2. The van der Waals surface area contributed by atoms with Gasteiger partial charge in [-0.2, -0.15) is 5.10 Å². The lowest BCUT2D eigenvalue weighted by Crippen LogP contribution is -2.18. The normalized spacial score (nSPS) is 10.2. The summed E-state index contributed by atoms with van der Waals surface area (Å²) >= 11 is 0. The SMILES string of the molecule is NC(=O)Cn1cc(-c2cccc(N)c2)cn1. The van der Waals surface area contributed by atoms with E-state index in [-0.39, 0.29) is 6.54 Å². The predicted molar refractivity (Wildman–Crippen MR) is 61.3 cm³/mol. The van der Waals surface area contributed by atoms with E-state index in [4.69, 9.17) is 11.5 Å². The highest BCUT2D eigenvalue weighted by Gasteiger charge is 2.03. The van der Waals surface area contributed by atoms with Crippen molar-refractivity contribution in [2.45, 2.75) is 6.54 Å². The number of amides is 1. The van der Waals surface area contributed by atoms with Gasteiger partial charge in [0.25, 0.3) is 0 Å². The van der Waals surface area contributed by atoms with Gasteiger partial charge in [-0.15, -0.1) is 0 Å². The van der Waals surface area contributed by atoms with Crippen LogP contribution in [0.25, 0.3) is 11.1 Å². The van der Waals surface area contributed by atoms with Crippen molar-refractivity contribution in [1.29, 1.82) is 0 Å². The van der Waals surface area contributed by atoms with Crippen molar-refractivity contribution in [1.82, 2.24) is 9.78 Å². The lowest BCUT2D eigenvalue weighted by molar-refractivity contribution is -0.118. The van der Waals surface area contributed by atoms with E-state index in [9.17, 15) is 4.79 Å². The molecule has 4 N–H and O–H groups in total. The van der Waals surface area contributed by atoms with E-state index in [0.717, 1.165) is 11.1 Å². The van der Waals surface area contributed by atoms with Gasteiger partial charge in [-0.05, 0) is 17.7 Å². The van der Waals surface area contributed by atoms with Gasteiger partial charge in [0, 0.05) is 17.4 Å². The molecule has 0 saturated heterocycles. The Hall–Kier alpha value is -2.30. The number of aromatic nitrogens is 2. The van der Waals surface area contributed by atoms with Crippen LogP contribution >= 0.6 is 0 Å². The molecule has 5 nitrogen and oxygen atoms in total. The zero-order valence-electron chi connectivity index (χ0n) is 8.63. The van der Waals surface area contributed by atoms with Crippen molar-refractivity contribution >= 4 is 11.6 Å². The van der Waals surface area contributed by atoms with Gasteiger partial charge < -0.3 is 11.5 Å². The molecule has 1 heterocycles. The first-order chi connectivity index (χ1) is 7.65. The van der Waals surface area contributed by atoms with Crippen molar-refractivity contribution in [2.75, 3.05) is 5.73 Å². The van der Waals surface area contributed by atoms with Gasteiger partial charge in [-0.25, -0.2) is 0 Å². The minimum atomic E-state index is -0.415. The van der Waals surface area contributed by atoms with Crippen LogP contribution in [0.5, 0.6) is 0 Å². The summed E-state index contributed by atoms with van der Waals surface area (Å²) in [6.07, 6.45) is 3.44. The first-order valence-corrected chi connectivity index (χ1v) is 4.82. The van der Waals surface area contributed by atoms with Crippen LogP contribution in [0.1, 0.15) is 0 Å². The summed E-state index contributed by atoms with van der Waals surface area (Å²) in [7, 11) is 0. The average molecular weight is 216 g/mol. The number of hydrogen-bond donors (Lipinski definition) is 2. The van der Waals surface area contributed by atoms with Gasteiger partial charge in [0.15, 0.2) is 0 Å². The molecule has 0 fully saturated rings. The third kappa shape index (κ3) is 2.20. The molecule has 82 valence electrons. The fourth-order valence-corrected chi connectivity index (χ4v) is 1.48. The van der Waals surface area contributed by atoms with Crippen LogP contribution in [0.2, 0.25) is 0 Å². The average Bonchev–Trinajstić information content (AvgIpc) is 2.65. The molecule has 0 radical (unpaired) electrons. The maximum Gasteiger partial charge on any atom is 0.239 e. The Bertz CT molecular complexity index is 518. The molecule has 0 bridgehead atoms. The van der Waals surface area contributed by atoms with Crippen LogP contribution in [0.3, 0.4) is 0 Å². The molecule has 0 aliphatic carbocycles. The summed E-state index contributed by atoms with van der Waals surface area (Å²) < 4.78 is 1.50. The number of carbonyl (C=O) groups excluding carboxylic acids is 1. The number of hydrogen-bond acceptors (Lipinski definition) is 3. The molecule has 2 rings (SSSR count). The number of carbonyl (C=O) groups is 1. The molecule has 0 atom stereocenters. The number of anilines is 1. The van der Waals surface area contributed by atoms with Gasteiger partial charge in [-0.1, -0.05) is 12.1 Å². The van der Waals surface area contributed by atoms with Gasteiger partial charge in [0.05, 0.1) is 6.20 Å². The highest BCUT2D eigenvalue weighted by atomic mass is 16.1. The Labute approximate surface area is 92.7 Å². The Balaban J connectivity index is 2.28. The zero-order chi connectivity index (χ0) is 11.5. The summed E-state index contributed by atoms with van der Waals surface area (Å²) in [6, 6.07) is 7.47. The molecule has 0 spiro atoms. The van der Waals surface area contributed by atoms with Crippen molar-refractivity contribution in [3.8, 4) is 11.1 Å². The smallest absolute Gasteiger partial charge is 0.239 e. The minimum Gasteiger partial charge on any atom is -0.399 e. The van der Waals surface area contributed by atoms with Crippen LogP contribution in [0.4, 0.5) is 5.69 Å². The predicted octanol–water partition coefficient (Wildman–Crippen LogP) is 0.618. The number of rotatable bonds is 3. The Morgan fingerprint density at radius 3 is 2.88 bits per heavy atom. The fraction of sp³-hybridized carbons (Fsp3) is 0.0909. The van der Waals surface area contributed by atoms with Gasteiger partial charge in [0.1, 0.15) is 6.54 Å². The van der Waals surface area contributed by atoms with Crippen LogP contribution in [-0.2, 0) is 11.3 Å². The molecule has 0 saturated carbocycles. The fourth-order valence-electron chi connectivity index (χ4n) is 1.48. The van der Waals surface area contributed by atoms with Gasteiger partial charge in [0.2, 0.25) is 5.91 Å². The maximum atomic E-state index is 10.7. The lowest BCUT2D eigenvalue weighted by Gasteiger charge is -1.98. The summed E-state index contributed by atoms with van der Waals surface area (Å²) in [4.78, 5) is 10.7. The van der Waals surface area contributed by atoms with Crippen molar-refractivity contribution in [2.24, 2.45) is 5.73 Å². The second-order valence-electron chi connectivity index (χ2n) is 3.52. The highest BCUT2D eigenvalue weighted by Crippen LogP contribution is 2.20. The van der Waals surface area contributed by atoms with Crippen LogP contribution in [0, 0.1) is 0 Å². The standard InChI is InChI=1S/C11H12N4O/c12-10-3-1-2-8(4-10)9-5-14-15(6-9)7-11(13)16/h1-6H,7,12H2,(H2,13,16). The Morgan fingerprint density at radius 1 is 1.38 bits per heavy atom. The molecule has 16 heavy (non-hydrogen) atoms. The zero-order valence-corrected chi connectivity index (χ0v) is 8.63. The highest BCUT2D eigenvalue weighted by molar-refractivity contribution is 5.73. The summed E-state index contributed by atoms with van der Waals surface area (Å²) in [5, 5.41) is 4.04. The molecular formula is C11H12N4O. The molecule has 2 aromatic rings. The number of nitrogen functional groups attached to an aromatic ring is 1. The van der Waals surface area contributed by atoms with Crippen LogP contribution in [0.15, 0.2) is 36.7 Å². The van der Waals surface area contributed by atoms with Crippen molar-refractivity contribution < 1.29 is 4.79 Å². The van der Waals surface area contributed by atoms with Gasteiger partial charge >= 0.3 is 0 Å². The number of nitrogens with zero attached hydrogens (tertiary/aromatic N) is 2. The summed E-state index contributed by atoms with van der Waals surface area (Å²) in [5.41, 5.74) is 13.3. The van der Waals surface area contributed by atoms with E-state index in [0.29, 0.717) is 5.69 Å². The molecule has 1 amide bonds. The third-order valence-corrected chi connectivity index (χ3v) is 2.17. The number of benzene rings is 1. The third-order valence-electron chi connectivity index (χ3n) is 2.17. The number of nitrogens with two attached hydrogens (primary N) is 2. The monoisotopic (exact) mass is 216 g/mol. The molecular weight excluding hydrogens is 204 g/mol. The van der Waals surface area contributed by atoms with Crippen molar-refractivity contribution in [3.63, 3.8) is 0 Å². The summed E-state index contributed by atoms with van der Waals surface area (Å²) in [5.74, 6) is -0.415. The summed E-state index contributed by atoms with van der Waals surface area (Å²) in [6.45, 7) is 0.0856. The molecule has 0 aliphatic heterocycles. The van der Waals surface area contributed by atoms with Gasteiger partial charge in [-0.3, -0.25) is 9.48 Å². The van der Waals surface area contributed by atoms with E-state index in [1.54, 1.807) is 12.4 Å².